The highest BCUT2D eigenvalue weighted by Crippen LogP contribution is 2.35. The van der Waals surface area contributed by atoms with E-state index in [1.807, 2.05) is 25.7 Å². The minimum absolute atomic E-state index is 0.0307. The van der Waals surface area contributed by atoms with Crippen LogP contribution < -0.4 is 5.32 Å². The Morgan fingerprint density at radius 1 is 1.38 bits per heavy atom. The molecular formula is C15H26N4O2. The number of aliphatic hydroxyl groups is 1. The van der Waals surface area contributed by atoms with Crippen LogP contribution in [0.25, 0.3) is 0 Å². The highest BCUT2D eigenvalue weighted by atomic mass is 16.3. The summed E-state index contributed by atoms with van der Waals surface area (Å²) in [5.41, 5.74) is 3.43. The maximum Gasteiger partial charge on any atom is 0.317 e. The molecule has 2 heterocycles. The average molecular weight is 294 g/mol. The summed E-state index contributed by atoms with van der Waals surface area (Å²) in [6, 6.07) is 0.306. The molecule has 6 heteroatoms. The standard InChI is InChI=1S/C13H20N4O2.C2H6/c1-8-11-7-16(13(19)14-2)4-3-12(11)17(15-8)9-5-10(18)6-9;1-2/h9-10,18H,3-7H2,1-2H3,(H,14,19);1-2H3. The van der Waals surface area contributed by atoms with Crippen molar-refractivity contribution in [2.24, 2.45) is 0 Å². The van der Waals surface area contributed by atoms with Gasteiger partial charge in [0.1, 0.15) is 0 Å². The van der Waals surface area contributed by atoms with E-state index in [2.05, 4.69) is 15.1 Å². The summed E-state index contributed by atoms with van der Waals surface area (Å²) in [6.45, 7) is 7.36. The summed E-state index contributed by atoms with van der Waals surface area (Å²) in [6.07, 6.45) is 2.27. The minimum Gasteiger partial charge on any atom is -0.393 e. The van der Waals surface area contributed by atoms with Gasteiger partial charge >= 0.3 is 6.03 Å². The number of nitrogens with one attached hydrogen (secondary N) is 1. The van der Waals surface area contributed by atoms with Gasteiger partial charge in [-0.25, -0.2) is 4.79 Å². The normalized spacial score (nSPS) is 23.6. The Morgan fingerprint density at radius 2 is 2.05 bits per heavy atom. The second kappa shape index (κ2) is 6.47. The maximum absolute atomic E-state index is 11.7. The van der Waals surface area contributed by atoms with Gasteiger partial charge < -0.3 is 15.3 Å². The van der Waals surface area contributed by atoms with Crippen molar-refractivity contribution in [3.8, 4) is 0 Å². The Bertz CT molecular complexity index is 506. The van der Waals surface area contributed by atoms with Gasteiger partial charge in [-0.1, -0.05) is 13.8 Å². The SMILES string of the molecule is CC.CNC(=O)N1CCc2c(c(C)nn2C2CC(O)C2)C1. The van der Waals surface area contributed by atoms with Crippen LogP contribution in [0.15, 0.2) is 0 Å². The van der Waals surface area contributed by atoms with E-state index in [1.54, 1.807) is 7.05 Å². The second-order valence-electron chi connectivity index (χ2n) is 5.46. The van der Waals surface area contributed by atoms with Gasteiger partial charge in [-0.15, -0.1) is 0 Å². The molecule has 1 saturated carbocycles. The number of fused-ring (bicyclic) bond motifs is 1. The molecule has 21 heavy (non-hydrogen) atoms. The molecule has 0 unspecified atom stereocenters. The molecule has 0 saturated heterocycles. The van der Waals surface area contributed by atoms with Crippen LogP contribution in [0.2, 0.25) is 0 Å². The predicted molar refractivity (Wildman–Crippen MR) is 81.2 cm³/mol. The first-order chi connectivity index (χ1) is 10.1. The molecule has 2 N–H and O–H groups in total. The fourth-order valence-corrected chi connectivity index (χ4v) is 3.00. The van der Waals surface area contributed by atoms with Gasteiger partial charge in [0.25, 0.3) is 0 Å². The molecule has 118 valence electrons. The predicted octanol–water partition coefficient (Wildman–Crippen LogP) is 1.61. The lowest BCUT2D eigenvalue weighted by Gasteiger charge is -2.34. The molecule has 0 bridgehead atoms. The molecule has 1 aliphatic heterocycles. The third kappa shape index (κ3) is 2.90. The maximum atomic E-state index is 11.7. The minimum atomic E-state index is -0.170. The topological polar surface area (TPSA) is 70.4 Å². The van der Waals surface area contributed by atoms with Crippen molar-refractivity contribution in [3.63, 3.8) is 0 Å². The molecular weight excluding hydrogens is 268 g/mol. The Hall–Kier alpha value is -1.56. The van der Waals surface area contributed by atoms with Crippen LogP contribution in [-0.2, 0) is 13.0 Å². The number of hydrogen-bond donors (Lipinski definition) is 2. The van der Waals surface area contributed by atoms with Crippen LogP contribution in [0, 0.1) is 6.92 Å². The number of carbonyl (C=O) groups excluding carboxylic acids is 1. The van der Waals surface area contributed by atoms with E-state index in [9.17, 15) is 9.90 Å². The average Bonchev–Trinajstić information content (AvgIpc) is 2.81. The zero-order valence-corrected chi connectivity index (χ0v) is 13.4. The highest BCUT2D eigenvalue weighted by molar-refractivity contribution is 5.74. The van der Waals surface area contributed by atoms with Crippen LogP contribution in [0.5, 0.6) is 0 Å². The van der Waals surface area contributed by atoms with E-state index in [0.29, 0.717) is 12.6 Å². The van der Waals surface area contributed by atoms with Crippen LogP contribution in [0.1, 0.15) is 49.7 Å². The summed E-state index contributed by atoms with van der Waals surface area (Å²) in [5.74, 6) is 0. The van der Waals surface area contributed by atoms with E-state index >= 15 is 0 Å². The number of amides is 2. The zero-order valence-electron chi connectivity index (χ0n) is 13.4. The number of nitrogens with zero attached hydrogens (tertiary/aromatic N) is 3. The number of hydrogen-bond acceptors (Lipinski definition) is 3. The lowest BCUT2D eigenvalue weighted by atomic mass is 9.89. The molecule has 1 fully saturated rings. The molecule has 0 atom stereocenters. The quantitative estimate of drug-likeness (QED) is 0.826. The molecule has 1 aliphatic carbocycles. The molecule has 0 radical (unpaired) electrons. The number of aryl methyl sites for hydroxylation is 1. The smallest absolute Gasteiger partial charge is 0.317 e. The van der Waals surface area contributed by atoms with E-state index < -0.39 is 0 Å². The molecule has 0 aromatic carbocycles. The number of urea groups is 1. The van der Waals surface area contributed by atoms with Gasteiger partial charge in [-0.05, 0) is 19.8 Å². The van der Waals surface area contributed by atoms with E-state index in [0.717, 1.165) is 31.5 Å². The third-order valence-corrected chi connectivity index (χ3v) is 4.22. The van der Waals surface area contributed by atoms with Crippen molar-refractivity contribution in [2.45, 2.75) is 58.7 Å². The molecule has 3 rings (SSSR count). The van der Waals surface area contributed by atoms with E-state index in [1.165, 1.54) is 11.3 Å². The van der Waals surface area contributed by atoms with Crippen LogP contribution in [0.4, 0.5) is 4.79 Å². The van der Waals surface area contributed by atoms with Crippen LogP contribution in [-0.4, -0.2) is 45.5 Å². The van der Waals surface area contributed by atoms with Gasteiger partial charge in [-0.2, -0.15) is 5.10 Å². The largest absolute Gasteiger partial charge is 0.393 e. The lowest BCUT2D eigenvalue weighted by Crippen LogP contribution is -2.42. The Labute approximate surface area is 126 Å². The first-order valence-corrected chi connectivity index (χ1v) is 7.81. The van der Waals surface area contributed by atoms with E-state index in [-0.39, 0.29) is 12.1 Å². The van der Waals surface area contributed by atoms with Gasteiger partial charge in [0.15, 0.2) is 0 Å². The number of aliphatic hydroxyl groups excluding tert-OH is 1. The summed E-state index contributed by atoms with van der Waals surface area (Å²) >= 11 is 0. The zero-order chi connectivity index (χ0) is 15.6. The fraction of sp³-hybridized carbons (Fsp3) is 0.733. The monoisotopic (exact) mass is 294 g/mol. The molecule has 6 nitrogen and oxygen atoms in total. The Morgan fingerprint density at radius 3 is 2.62 bits per heavy atom. The fourth-order valence-electron chi connectivity index (χ4n) is 3.00. The molecule has 2 amide bonds. The second-order valence-corrected chi connectivity index (χ2v) is 5.46. The van der Waals surface area contributed by atoms with Crippen LogP contribution >= 0.6 is 0 Å². The van der Waals surface area contributed by atoms with Crippen molar-refractivity contribution in [1.82, 2.24) is 20.0 Å². The third-order valence-electron chi connectivity index (χ3n) is 4.22. The molecule has 2 aliphatic rings. The number of aromatic nitrogens is 2. The number of rotatable bonds is 1. The molecule has 0 spiro atoms. The van der Waals surface area contributed by atoms with Crippen molar-refractivity contribution in [2.75, 3.05) is 13.6 Å². The number of carbonyl (C=O) groups is 1. The Kier molecular flexibility index (Phi) is 4.88. The van der Waals surface area contributed by atoms with Crippen molar-refractivity contribution >= 4 is 6.03 Å². The Balaban J connectivity index is 0.000000774. The van der Waals surface area contributed by atoms with Crippen molar-refractivity contribution in [1.29, 1.82) is 0 Å². The molecule has 1 aromatic heterocycles. The van der Waals surface area contributed by atoms with Gasteiger partial charge in [0.05, 0.1) is 24.4 Å². The van der Waals surface area contributed by atoms with Gasteiger partial charge in [0.2, 0.25) is 0 Å². The first kappa shape index (κ1) is 15.8. The van der Waals surface area contributed by atoms with Gasteiger partial charge in [-0.3, -0.25) is 4.68 Å². The summed E-state index contributed by atoms with van der Waals surface area (Å²) in [4.78, 5) is 13.5. The van der Waals surface area contributed by atoms with Crippen molar-refractivity contribution in [3.05, 3.63) is 17.0 Å². The molecule has 1 aromatic rings. The lowest BCUT2D eigenvalue weighted by molar-refractivity contribution is 0.0417. The summed E-state index contributed by atoms with van der Waals surface area (Å²) < 4.78 is 2.08. The van der Waals surface area contributed by atoms with Gasteiger partial charge in [0, 0.05) is 31.3 Å². The van der Waals surface area contributed by atoms with Crippen LogP contribution in [0.3, 0.4) is 0 Å². The summed E-state index contributed by atoms with van der Waals surface area (Å²) in [5, 5.41) is 16.7. The first-order valence-electron chi connectivity index (χ1n) is 7.81. The summed E-state index contributed by atoms with van der Waals surface area (Å²) in [7, 11) is 1.66. The van der Waals surface area contributed by atoms with Crippen molar-refractivity contribution < 1.29 is 9.90 Å². The van der Waals surface area contributed by atoms with E-state index in [4.69, 9.17) is 0 Å². The highest BCUT2D eigenvalue weighted by Gasteiger charge is 2.34.